The fourth-order valence-electron chi connectivity index (χ4n) is 4.65. The Bertz CT molecular complexity index is 1060. The fourth-order valence-corrected chi connectivity index (χ4v) is 4.65. The summed E-state index contributed by atoms with van der Waals surface area (Å²) >= 11 is 0. The van der Waals surface area contributed by atoms with E-state index < -0.39 is 0 Å². The van der Waals surface area contributed by atoms with Gasteiger partial charge in [-0.25, -0.2) is 0 Å². The number of aryl methyl sites for hydroxylation is 1. The maximum Gasteiger partial charge on any atom is 0.130 e. The summed E-state index contributed by atoms with van der Waals surface area (Å²) in [6, 6.07) is 12.7. The zero-order chi connectivity index (χ0) is 20.0. The molecule has 0 amide bonds. The van der Waals surface area contributed by atoms with Crippen LogP contribution in [0, 0.1) is 6.92 Å². The van der Waals surface area contributed by atoms with Crippen LogP contribution in [-0.4, -0.2) is 25.4 Å². The van der Waals surface area contributed by atoms with Gasteiger partial charge in [-0.1, -0.05) is 24.3 Å². The van der Waals surface area contributed by atoms with Crippen molar-refractivity contribution in [2.24, 2.45) is 0 Å². The highest BCUT2D eigenvalue weighted by atomic mass is 16.5. The zero-order valence-corrected chi connectivity index (χ0v) is 17.1. The van der Waals surface area contributed by atoms with Crippen molar-refractivity contribution in [1.82, 2.24) is 5.32 Å². The average Bonchev–Trinajstić information content (AvgIpc) is 2.67. The first kappa shape index (κ1) is 18.6. The third kappa shape index (κ3) is 2.80. The summed E-state index contributed by atoms with van der Waals surface area (Å²) in [5, 5.41) is 16.8. The lowest BCUT2D eigenvalue weighted by Crippen LogP contribution is -2.36. The Balaban J connectivity index is 2.04. The molecule has 4 heteroatoms. The average molecular weight is 377 g/mol. The minimum Gasteiger partial charge on any atom is -0.507 e. The van der Waals surface area contributed by atoms with Gasteiger partial charge < -0.3 is 19.9 Å². The van der Waals surface area contributed by atoms with Gasteiger partial charge >= 0.3 is 0 Å². The van der Waals surface area contributed by atoms with Crippen molar-refractivity contribution in [2.45, 2.75) is 39.3 Å². The molecule has 3 aromatic carbocycles. The van der Waals surface area contributed by atoms with E-state index in [1.54, 1.807) is 14.2 Å². The van der Waals surface area contributed by atoms with Crippen LogP contribution in [0.5, 0.6) is 17.2 Å². The normalized spacial score (nSPS) is 18.8. The largest absolute Gasteiger partial charge is 0.507 e. The van der Waals surface area contributed by atoms with Crippen molar-refractivity contribution in [2.75, 3.05) is 14.2 Å². The highest BCUT2D eigenvalue weighted by Crippen LogP contribution is 2.46. The van der Waals surface area contributed by atoms with Crippen molar-refractivity contribution in [3.8, 4) is 28.4 Å². The molecule has 0 aliphatic carbocycles. The summed E-state index contributed by atoms with van der Waals surface area (Å²) in [5.74, 6) is 1.90. The van der Waals surface area contributed by atoms with E-state index in [0.717, 1.165) is 50.9 Å². The van der Waals surface area contributed by atoms with Gasteiger partial charge in [-0.15, -0.1) is 0 Å². The van der Waals surface area contributed by atoms with Gasteiger partial charge in [0.15, 0.2) is 0 Å². The van der Waals surface area contributed by atoms with E-state index >= 15 is 0 Å². The van der Waals surface area contributed by atoms with E-state index in [2.05, 4.69) is 38.2 Å². The number of methoxy groups -OCH3 is 2. The lowest BCUT2D eigenvalue weighted by molar-refractivity contribution is 0.404. The number of benzene rings is 3. The Labute approximate surface area is 166 Å². The predicted molar refractivity (Wildman–Crippen MR) is 114 cm³/mol. The smallest absolute Gasteiger partial charge is 0.130 e. The Morgan fingerprint density at radius 3 is 2.50 bits per heavy atom. The second kappa shape index (κ2) is 7.02. The summed E-state index contributed by atoms with van der Waals surface area (Å²) in [6.07, 6.45) is 0.920. The topological polar surface area (TPSA) is 50.7 Å². The molecular formula is C24H27NO3. The second-order valence-electron chi connectivity index (χ2n) is 7.68. The van der Waals surface area contributed by atoms with Crippen molar-refractivity contribution in [3.63, 3.8) is 0 Å². The maximum atomic E-state index is 11.3. The van der Waals surface area contributed by atoms with Crippen LogP contribution in [0.1, 0.15) is 36.6 Å². The molecule has 0 radical (unpaired) electrons. The summed E-state index contributed by atoms with van der Waals surface area (Å²) < 4.78 is 11.2. The number of phenols is 1. The number of phenolic OH excluding ortho intramolecular Hbond substituents is 1. The van der Waals surface area contributed by atoms with Gasteiger partial charge in [0, 0.05) is 23.2 Å². The van der Waals surface area contributed by atoms with Crippen molar-refractivity contribution in [1.29, 1.82) is 0 Å². The van der Waals surface area contributed by atoms with Gasteiger partial charge in [0.2, 0.25) is 0 Å². The van der Waals surface area contributed by atoms with E-state index in [1.165, 1.54) is 5.56 Å². The van der Waals surface area contributed by atoms with Crippen molar-refractivity contribution in [3.05, 3.63) is 53.1 Å². The molecule has 1 unspecified atom stereocenters. The first-order valence-electron chi connectivity index (χ1n) is 9.71. The van der Waals surface area contributed by atoms with E-state index in [4.69, 9.17) is 9.47 Å². The molecule has 28 heavy (non-hydrogen) atoms. The maximum absolute atomic E-state index is 11.3. The number of nitrogens with one attached hydrogen (secondary N) is 1. The van der Waals surface area contributed by atoms with E-state index in [9.17, 15) is 5.11 Å². The minimum atomic E-state index is 0.109. The number of fused-ring (bicyclic) bond motifs is 2. The molecule has 0 aromatic heterocycles. The molecule has 1 aliphatic heterocycles. The molecule has 0 saturated carbocycles. The summed E-state index contributed by atoms with van der Waals surface area (Å²) in [6.45, 7) is 6.34. The third-order valence-electron chi connectivity index (χ3n) is 5.79. The molecule has 0 fully saturated rings. The highest BCUT2D eigenvalue weighted by Gasteiger charge is 2.27. The molecule has 0 saturated heterocycles. The van der Waals surface area contributed by atoms with Crippen LogP contribution in [0.15, 0.2) is 36.4 Å². The first-order chi connectivity index (χ1) is 13.5. The Kier molecular flexibility index (Phi) is 4.68. The van der Waals surface area contributed by atoms with Gasteiger partial charge in [0.25, 0.3) is 0 Å². The van der Waals surface area contributed by atoms with Crippen LogP contribution < -0.4 is 14.8 Å². The number of rotatable bonds is 3. The molecule has 1 aliphatic rings. The van der Waals surface area contributed by atoms with Gasteiger partial charge in [-0.05, 0) is 61.4 Å². The molecule has 3 aromatic rings. The van der Waals surface area contributed by atoms with Gasteiger partial charge in [-0.3, -0.25) is 0 Å². The van der Waals surface area contributed by atoms with Crippen LogP contribution in [-0.2, 0) is 6.42 Å². The van der Waals surface area contributed by atoms with Crippen LogP contribution in [0.25, 0.3) is 21.9 Å². The number of ether oxygens (including phenoxy) is 2. The van der Waals surface area contributed by atoms with E-state index in [0.29, 0.717) is 11.8 Å². The van der Waals surface area contributed by atoms with Crippen LogP contribution in [0.3, 0.4) is 0 Å². The zero-order valence-electron chi connectivity index (χ0n) is 17.1. The molecular weight excluding hydrogens is 350 g/mol. The fraction of sp³-hybridized carbons (Fsp3) is 0.333. The standard InChI is InChI=1S/C24H27NO3/c1-13-11-20(28-5)23-17(7-6-8-19(23)27-4)21(13)18-10-9-16-12-14(2)25-15(3)22(16)24(18)26/h6-11,14-15,25-26H,12H2,1-5H3/t14?,15-/m1/s1. The van der Waals surface area contributed by atoms with Crippen LogP contribution in [0.4, 0.5) is 0 Å². The number of hydrogen-bond donors (Lipinski definition) is 2. The molecule has 146 valence electrons. The summed E-state index contributed by atoms with van der Waals surface area (Å²) in [4.78, 5) is 0. The Morgan fingerprint density at radius 1 is 1.04 bits per heavy atom. The molecule has 2 N–H and O–H groups in total. The summed E-state index contributed by atoms with van der Waals surface area (Å²) in [7, 11) is 3.34. The highest BCUT2D eigenvalue weighted by molar-refractivity contribution is 6.05. The Morgan fingerprint density at radius 2 is 1.79 bits per heavy atom. The molecule has 0 bridgehead atoms. The number of aromatic hydroxyl groups is 1. The third-order valence-corrected chi connectivity index (χ3v) is 5.79. The monoisotopic (exact) mass is 377 g/mol. The van der Waals surface area contributed by atoms with Crippen LogP contribution in [0.2, 0.25) is 0 Å². The van der Waals surface area contributed by atoms with Gasteiger partial charge in [0.1, 0.15) is 17.2 Å². The quantitative estimate of drug-likeness (QED) is 0.664. The molecule has 2 atom stereocenters. The lowest BCUT2D eigenvalue weighted by atomic mass is 9.85. The SMILES string of the molecule is COc1cccc2c(-c3ccc4c(c3O)[C@@H](C)NC(C)C4)c(C)cc(OC)c12. The van der Waals surface area contributed by atoms with Gasteiger partial charge in [0.05, 0.1) is 19.6 Å². The van der Waals surface area contributed by atoms with Crippen LogP contribution >= 0.6 is 0 Å². The summed E-state index contributed by atoms with van der Waals surface area (Å²) in [5.41, 5.74) is 5.13. The molecule has 0 spiro atoms. The first-order valence-corrected chi connectivity index (χ1v) is 9.71. The van der Waals surface area contributed by atoms with E-state index in [-0.39, 0.29) is 6.04 Å². The lowest BCUT2D eigenvalue weighted by Gasteiger charge is -2.31. The Hall–Kier alpha value is -2.72. The second-order valence-corrected chi connectivity index (χ2v) is 7.68. The van der Waals surface area contributed by atoms with Gasteiger partial charge in [-0.2, -0.15) is 0 Å². The molecule has 1 heterocycles. The number of hydrogen-bond acceptors (Lipinski definition) is 4. The predicted octanol–water partition coefficient (Wildman–Crippen LogP) is 5.13. The van der Waals surface area contributed by atoms with Crippen molar-refractivity contribution >= 4 is 10.8 Å². The van der Waals surface area contributed by atoms with Crippen molar-refractivity contribution < 1.29 is 14.6 Å². The van der Waals surface area contributed by atoms with E-state index in [1.807, 2.05) is 24.3 Å². The minimum absolute atomic E-state index is 0.109. The molecule has 4 nitrogen and oxygen atoms in total. The molecule has 4 rings (SSSR count).